The lowest BCUT2D eigenvalue weighted by Crippen LogP contribution is -1.98. The van der Waals surface area contributed by atoms with E-state index in [1.807, 2.05) is 48.5 Å². The van der Waals surface area contributed by atoms with Gasteiger partial charge in [0.15, 0.2) is 0 Å². The third-order valence-corrected chi connectivity index (χ3v) is 2.73. The normalized spacial score (nSPS) is 9.55. The molecule has 2 heteroatoms. The van der Waals surface area contributed by atoms with E-state index >= 15 is 0 Å². The lowest BCUT2D eigenvalue weighted by molar-refractivity contribution is 0.362. The van der Waals surface area contributed by atoms with Crippen molar-refractivity contribution in [3.63, 3.8) is 0 Å². The van der Waals surface area contributed by atoms with Crippen LogP contribution in [-0.2, 0) is 0 Å². The largest absolute Gasteiger partial charge is 0.489 e. The third-order valence-electron chi connectivity index (χ3n) is 2.73. The molecule has 0 heterocycles. The molecule has 2 aromatic rings. The Balaban J connectivity index is 2.40. The fourth-order valence-electron chi connectivity index (χ4n) is 1.90. The summed E-state index contributed by atoms with van der Waals surface area (Å²) in [7, 11) is 0. The first-order valence-electron chi connectivity index (χ1n) is 6.35. The summed E-state index contributed by atoms with van der Waals surface area (Å²) < 4.78 is 11.3. The van der Waals surface area contributed by atoms with Crippen LogP contribution in [0.3, 0.4) is 0 Å². The van der Waals surface area contributed by atoms with Crippen LogP contribution >= 0.6 is 0 Å². The average Bonchev–Trinajstić information content (AvgIpc) is 2.51. The Hall–Kier alpha value is -2.66. The number of rotatable bonds is 6. The van der Waals surface area contributed by atoms with Crippen molar-refractivity contribution in [2.24, 2.45) is 0 Å². The zero-order valence-corrected chi connectivity index (χ0v) is 11.2. The molecule has 0 fully saturated rings. The number of hydrogen-bond acceptors (Lipinski definition) is 2. The molecule has 0 atom stereocenters. The van der Waals surface area contributed by atoms with E-state index in [2.05, 4.69) is 12.5 Å². The standard InChI is InChI=1S/C18H16O2/c1-3-13-19-17-11-7-5-9-15(17)16-10-6-8-12-18(16)20-14-4-2/h1,4-12H,2,13-14H2. The zero-order chi connectivity index (χ0) is 14.2. The maximum Gasteiger partial charge on any atom is 0.148 e. The molecule has 2 nitrogen and oxygen atoms in total. The van der Waals surface area contributed by atoms with E-state index in [4.69, 9.17) is 15.9 Å². The molecule has 0 unspecified atom stereocenters. The molecule has 0 N–H and O–H groups in total. The monoisotopic (exact) mass is 264 g/mol. The van der Waals surface area contributed by atoms with E-state index in [9.17, 15) is 0 Å². The molecule has 0 aliphatic rings. The average molecular weight is 264 g/mol. The zero-order valence-electron chi connectivity index (χ0n) is 11.2. The van der Waals surface area contributed by atoms with Gasteiger partial charge in [-0.3, -0.25) is 0 Å². The van der Waals surface area contributed by atoms with Gasteiger partial charge in [0.25, 0.3) is 0 Å². The van der Waals surface area contributed by atoms with Gasteiger partial charge in [0, 0.05) is 11.1 Å². The minimum Gasteiger partial charge on any atom is -0.489 e. The number of hydrogen-bond donors (Lipinski definition) is 0. The van der Waals surface area contributed by atoms with Crippen molar-refractivity contribution < 1.29 is 9.47 Å². The first-order valence-corrected chi connectivity index (χ1v) is 6.35. The number of para-hydroxylation sites is 2. The Labute approximate surface area is 119 Å². The Morgan fingerprint density at radius 2 is 1.50 bits per heavy atom. The second-order valence-corrected chi connectivity index (χ2v) is 4.08. The molecule has 2 rings (SSSR count). The number of ether oxygens (including phenoxy) is 2. The molecular weight excluding hydrogens is 248 g/mol. The van der Waals surface area contributed by atoms with Crippen LogP contribution in [0.1, 0.15) is 0 Å². The van der Waals surface area contributed by atoms with Crippen LogP contribution in [0.15, 0.2) is 61.2 Å². The lowest BCUT2D eigenvalue weighted by Gasteiger charge is -2.13. The smallest absolute Gasteiger partial charge is 0.148 e. The predicted octanol–water partition coefficient (Wildman–Crippen LogP) is 3.93. The lowest BCUT2D eigenvalue weighted by atomic mass is 10.0. The van der Waals surface area contributed by atoms with Crippen LogP contribution in [0.25, 0.3) is 11.1 Å². The van der Waals surface area contributed by atoms with Crippen LogP contribution in [0, 0.1) is 12.3 Å². The molecule has 0 radical (unpaired) electrons. The molecular formula is C18H16O2. The van der Waals surface area contributed by atoms with Gasteiger partial charge in [-0.15, -0.1) is 6.42 Å². The predicted molar refractivity (Wildman–Crippen MR) is 81.9 cm³/mol. The first-order chi connectivity index (χ1) is 9.86. The van der Waals surface area contributed by atoms with E-state index in [0.717, 1.165) is 22.6 Å². The second-order valence-electron chi connectivity index (χ2n) is 4.08. The van der Waals surface area contributed by atoms with Crippen molar-refractivity contribution in [3.05, 3.63) is 61.2 Å². The maximum absolute atomic E-state index is 5.69. The number of terminal acetylenes is 1. The van der Waals surface area contributed by atoms with E-state index in [-0.39, 0.29) is 6.61 Å². The molecule has 0 spiro atoms. The molecule has 2 aromatic carbocycles. The molecule has 0 aromatic heterocycles. The number of benzene rings is 2. The van der Waals surface area contributed by atoms with Crippen LogP contribution < -0.4 is 9.47 Å². The van der Waals surface area contributed by atoms with Crippen molar-refractivity contribution in [3.8, 4) is 35.0 Å². The summed E-state index contributed by atoms with van der Waals surface area (Å²) in [4.78, 5) is 0. The molecule has 0 aliphatic heterocycles. The quantitative estimate of drug-likeness (QED) is 0.581. The first kappa shape index (κ1) is 13.8. The summed E-state index contributed by atoms with van der Waals surface area (Å²) in [6.07, 6.45) is 6.97. The Morgan fingerprint density at radius 1 is 0.950 bits per heavy atom. The Bertz CT molecular complexity index is 623. The summed E-state index contributed by atoms with van der Waals surface area (Å²) in [6, 6.07) is 15.6. The highest BCUT2D eigenvalue weighted by Crippen LogP contribution is 2.36. The minimum absolute atomic E-state index is 0.243. The molecule has 0 bridgehead atoms. The van der Waals surface area contributed by atoms with Gasteiger partial charge in [-0.05, 0) is 12.1 Å². The Morgan fingerprint density at radius 3 is 2.05 bits per heavy atom. The topological polar surface area (TPSA) is 18.5 Å². The fraction of sp³-hybridized carbons (Fsp3) is 0.111. The second kappa shape index (κ2) is 7.06. The minimum atomic E-state index is 0.243. The molecule has 0 saturated carbocycles. The highest BCUT2D eigenvalue weighted by molar-refractivity contribution is 5.75. The van der Waals surface area contributed by atoms with Gasteiger partial charge in [-0.25, -0.2) is 0 Å². The van der Waals surface area contributed by atoms with Crippen molar-refractivity contribution in [2.75, 3.05) is 13.2 Å². The maximum atomic E-state index is 5.69. The van der Waals surface area contributed by atoms with Crippen LogP contribution in [0.4, 0.5) is 0 Å². The van der Waals surface area contributed by atoms with Gasteiger partial charge in [0.1, 0.15) is 24.7 Å². The molecule has 0 amide bonds. The van der Waals surface area contributed by atoms with E-state index in [1.54, 1.807) is 6.08 Å². The van der Waals surface area contributed by atoms with Gasteiger partial charge in [-0.2, -0.15) is 0 Å². The summed E-state index contributed by atoms with van der Waals surface area (Å²) in [5, 5.41) is 0. The highest BCUT2D eigenvalue weighted by Gasteiger charge is 2.10. The van der Waals surface area contributed by atoms with Crippen LogP contribution in [0.5, 0.6) is 11.5 Å². The molecule has 20 heavy (non-hydrogen) atoms. The van der Waals surface area contributed by atoms with Crippen molar-refractivity contribution in [1.29, 1.82) is 0 Å². The van der Waals surface area contributed by atoms with Gasteiger partial charge in [-0.1, -0.05) is 55.0 Å². The molecule has 0 aliphatic carbocycles. The van der Waals surface area contributed by atoms with Crippen molar-refractivity contribution >= 4 is 0 Å². The van der Waals surface area contributed by atoms with Crippen molar-refractivity contribution in [2.45, 2.75) is 0 Å². The van der Waals surface area contributed by atoms with Crippen LogP contribution in [0.2, 0.25) is 0 Å². The van der Waals surface area contributed by atoms with E-state index in [1.165, 1.54) is 0 Å². The van der Waals surface area contributed by atoms with Crippen LogP contribution in [-0.4, -0.2) is 13.2 Å². The summed E-state index contributed by atoms with van der Waals surface area (Å²) in [5.41, 5.74) is 1.93. The SMILES string of the molecule is C#CCOc1ccccc1-c1ccccc1OCC=C. The summed E-state index contributed by atoms with van der Waals surface area (Å²) in [5.74, 6) is 4.02. The summed E-state index contributed by atoms with van der Waals surface area (Å²) in [6.45, 7) is 4.37. The molecule has 100 valence electrons. The molecule has 0 saturated heterocycles. The fourth-order valence-corrected chi connectivity index (χ4v) is 1.90. The van der Waals surface area contributed by atoms with E-state index < -0.39 is 0 Å². The van der Waals surface area contributed by atoms with Gasteiger partial charge < -0.3 is 9.47 Å². The van der Waals surface area contributed by atoms with E-state index in [0.29, 0.717) is 6.61 Å². The van der Waals surface area contributed by atoms with Gasteiger partial charge in [0.05, 0.1) is 0 Å². The highest BCUT2D eigenvalue weighted by atomic mass is 16.5. The Kier molecular flexibility index (Phi) is 4.86. The summed E-state index contributed by atoms with van der Waals surface area (Å²) >= 11 is 0. The van der Waals surface area contributed by atoms with Gasteiger partial charge >= 0.3 is 0 Å². The third kappa shape index (κ3) is 3.21. The van der Waals surface area contributed by atoms with Gasteiger partial charge in [0.2, 0.25) is 0 Å². The van der Waals surface area contributed by atoms with Crippen molar-refractivity contribution in [1.82, 2.24) is 0 Å².